The van der Waals surface area contributed by atoms with Gasteiger partial charge < -0.3 is 21.5 Å². The Labute approximate surface area is 77.3 Å². The second kappa shape index (κ2) is 3.78. The van der Waals surface area contributed by atoms with E-state index in [1.54, 1.807) is 19.1 Å². The topological polar surface area (TPSA) is 92.5 Å². The number of benzene rings is 1. The zero-order chi connectivity index (χ0) is 10.0. The van der Waals surface area contributed by atoms with Crippen LogP contribution in [0.2, 0.25) is 0 Å². The Kier molecular flexibility index (Phi) is 2.92. The van der Waals surface area contributed by atoms with Gasteiger partial charge in [0, 0.05) is 12.2 Å². The van der Waals surface area contributed by atoms with Gasteiger partial charge in [0.25, 0.3) is 0 Å². The Hall–Kier alpha value is -1.04. The molecule has 4 nitrogen and oxygen atoms in total. The van der Waals surface area contributed by atoms with Gasteiger partial charge in [0.05, 0.1) is 0 Å². The predicted molar refractivity (Wildman–Crippen MR) is 53.3 cm³/mol. The Morgan fingerprint density at radius 1 is 1.38 bits per heavy atom. The van der Waals surface area contributed by atoms with Crippen LogP contribution in [0, 0.1) is 6.92 Å². The maximum Gasteiger partial charge on any atom is 0.488 e. The molecule has 0 heterocycles. The smallest absolute Gasteiger partial charge is 0.423 e. The van der Waals surface area contributed by atoms with Gasteiger partial charge in [0.15, 0.2) is 0 Å². The van der Waals surface area contributed by atoms with Crippen LogP contribution in [-0.2, 0) is 6.54 Å². The second-order valence-electron chi connectivity index (χ2n) is 2.98. The number of hydrogen-bond acceptors (Lipinski definition) is 4. The SMILES string of the molecule is Cc1c(N)cc(CN)cc1B(O)O. The fourth-order valence-electron chi connectivity index (χ4n) is 1.21. The maximum atomic E-state index is 9.01. The predicted octanol–water partition coefficient (Wildman–Crippen LogP) is -1.28. The van der Waals surface area contributed by atoms with Gasteiger partial charge in [0.2, 0.25) is 0 Å². The summed E-state index contributed by atoms with van der Waals surface area (Å²) in [6.45, 7) is 2.08. The van der Waals surface area contributed by atoms with Crippen molar-refractivity contribution in [3.05, 3.63) is 23.3 Å². The molecule has 13 heavy (non-hydrogen) atoms. The largest absolute Gasteiger partial charge is 0.488 e. The third-order valence-corrected chi connectivity index (χ3v) is 2.06. The maximum absolute atomic E-state index is 9.01. The average Bonchev–Trinajstić information content (AvgIpc) is 2.09. The van der Waals surface area contributed by atoms with E-state index in [0.717, 1.165) is 5.56 Å². The first-order chi connectivity index (χ1) is 6.06. The van der Waals surface area contributed by atoms with Gasteiger partial charge in [-0.25, -0.2) is 0 Å². The summed E-state index contributed by atoms with van der Waals surface area (Å²) in [7, 11) is -1.49. The lowest BCUT2D eigenvalue weighted by Gasteiger charge is -2.09. The van der Waals surface area contributed by atoms with Crippen LogP contribution in [0.15, 0.2) is 12.1 Å². The summed E-state index contributed by atoms with van der Waals surface area (Å²) in [5.74, 6) is 0. The summed E-state index contributed by atoms with van der Waals surface area (Å²) in [6, 6.07) is 3.39. The van der Waals surface area contributed by atoms with Crippen molar-refractivity contribution in [1.82, 2.24) is 0 Å². The minimum absolute atomic E-state index is 0.337. The van der Waals surface area contributed by atoms with E-state index in [4.69, 9.17) is 21.5 Å². The Bertz CT molecular complexity index is 315. The summed E-state index contributed by atoms with van der Waals surface area (Å²) >= 11 is 0. The highest BCUT2D eigenvalue weighted by atomic mass is 16.4. The molecule has 0 aliphatic heterocycles. The van der Waals surface area contributed by atoms with Crippen molar-refractivity contribution in [2.45, 2.75) is 13.5 Å². The first-order valence-corrected chi connectivity index (χ1v) is 4.01. The standard InChI is InChI=1S/C8H13BN2O2/c1-5-7(9(12)13)2-6(4-10)3-8(5)11/h2-3,12-13H,4,10-11H2,1H3. The monoisotopic (exact) mass is 180 g/mol. The van der Waals surface area contributed by atoms with E-state index >= 15 is 0 Å². The average molecular weight is 180 g/mol. The lowest BCUT2D eigenvalue weighted by Crippen LogP contribution is -2.33. The molecule has 0 radical (unpaired) electrons. The van der Waals surface area contributed by atoms with E-state index in [9.17, 15) is 0 Å². The van der Waals surface area contributed by atoms with Crippen molar-refractivity contribution in [2.75, 3.05) is 5.73 Å². The van der Waals surface area contributed by atoms with Gasteiger partial charge in [-0.1, -0.05) is 6.07 Å². The molecule has 5 heteroatoms. The minimum Gasteiger partial charge on any atom is -0.423 e. The quantitative estimate of drug-likeness (QED) is 0.336. The van der Waals surface area contributed by atoms with Crippen LogP contribution in [0.25, 0.3) is 0 Å². The van der Waals surface area contributed by atoms with E-state index in [1.807, 2.05) is 0 Å². The highest BCUT2D eigenvalue weighted by molar-refractivity contribution is 6.59. The molecule has 0 saturated heterocycles. The molecular formula is C8H13BN2O2. The number of hydrogen-bond donors (Lipinski definition) is 4. The highest BCUT2D eigenvalue weighted by Gasteiger charge is 2.16. The van der Waals surface area contributed by atoms with Gasteiger partial charge in [-0.2, -0.15) is 0 Å². The molecule has 0 saturated carbocycles. The number of rotatable bonds is 2. The summed E-state index contributed by atoms with van der Waals surface area (Å²) in [5, 5.41) is 18.0. The van der Waals surface area contributed by atoms with Crippen molar-refractivity contribution in [3.63, 3.8) is 0 Å². The van der Waals surface area contributed by atoms with Crippen molar-refractivity contribution < 1.29 is 10.0 Å². The lowest BCUT2D eigenvalue weighted by atomic mass is 9.76. The zero-order valence-corrected chi connectivity index (χ0v) is 7.49. The Morgan fingerprint density at radius 3 is 2.46 bits per heavy atom. The molecule has 6 N–H and O–H groups in total. The van der Waals surface area contributed by atoms with Crippen LogP contribution < -0.4 is 16.9 Å². The molecule has 1 aromatic rings. The molecule has 0 bridgehead atoms. The number of anilines is 1. The summed E-state index contributed by atoms with van der Waals surface area (Å²) in [4.78, 5) is 0. The third-order valence-electron chi connectivity index (χ3n) is 2.06. The van der Waals surface area contributed by atoms with Gasteiger partial charge >= 0.3 is 7.12 Å². The molecule has 70 valence electrons. The minimum atomic E-state index is -1.49. The Balaban J connectivity index is 3.25. The zero-order valence-electron chi connectivity index (χ0n) is 7.49. The number of nitrogen functional groups attached to an aromatic ring is 1. The first-order valence-electron chi connectivity index (χ1n) is 4.01. The second-order valence-corrected chi connectivity index (χ2v) is 2.98. The lowest BCUT2D eigenvalue weighted by molar-refractivity contribution is 0.425. The first kappa shape index (κ1) is 10.0. The summed E-state index contributed by atoms with van der Waals surface area (Å²) in [6.07, 6.45) is 0. The molecule has 0 amide bonds. The van der Waals surface area contributed by atoms with Crippen molar-refractivity contribution in [2.24, 2.45) is 5.73 Å². The van der Waals surface area contributed by atoms with Gasteiger partial charge in [-0.3, -0.25) is 0 Å². The molecular weight excluding hydrogens is 167 g/mol. The molecule has 0 unspecified atom stereocenters. The van der Waals surface area contributed by atoms with Crippen LogP contribution in [0.5, 0.6) is 0 Å². The van der Waals surface area contributed by atoms with Crippen LogP contribution in [0.3, 0.4) is 0 Å². The van der Waals surface area contributed by atoms with Crippen LogP contribution in [-0.4, -0.2) is 17.2 Å². The van der Waals surface area contributed by atoms with Gasteiger partial charge in [-0.15, -0.1) is 0 Å². The molecule has 0 spiro atoms. The molecule has 0 aliphatic rings. The van der Waals surface area contributed by atoms with Gasteiger partial charge in [0.1, 0.15) is 0 Å². The summed E-state index contributed by atoms with van der Waals surface area (Å²) < 4.78 is 0. The van der Waals surface area contributed by atoms with Crippen LogP contribution in [0.4, 0.5) is 5.69 Å². The van der Waals surface area contributed by atoms with E-state index in [2.05, 4.69) is 0 Å². The Morgan fingerprint density at radius 2 is 2.00 bits per heavy atom. The molecule has 1 rings (SSSR count). The van der Waals surface area contributed by atoms with E-state index < -0.39 is 7.12 Å². The van der Waals surface area contributed by atoms with Gasteiger partial charge in [-0.05, 0) is 29.6 Å². The van der Waals surface area contributed by atoms with Crippen molar-refractivity contribution in [1.29, 1.82) is 0 Å². The fraction of sp³-hybridized carbons (Fsp3) is 0.250. The molecule has 0 atom stereocenters. The fourth-order valence-corrected chi connectivity index (χ4v) is 1.21. The van der Waals surface area contributed by atoms with Crippen LogP contribution in [0.1, 0.15) is 11.1 Å². The highest BCUT2D eigenvalue weighted by Crippen LogP contribution is 2.10. The van der Waals surface area contributed by atoms with Crippen LogP contribution >= 0.6 is 0 Å². The van der Waals surface area contributed by atoms with E-state index in [1.165, 1.54) is 0 Å². The normalized spacial score (nSPS) is 10.2. The molecule has 0 aromatic heterocycles. The van der Waals surface area contributed by atoms with E-state index in [0.29, 0.717) is 23.3 Å². The third kappa shape index (κ3) is 2.00. The number of nitrogens with two attached hydrogens (primary N) is 2. The molecule has 1 aromatic carbocycles. The van der Waals surface area contributed by atoms with Crippen molar-refractivity contribution >= 4 is 18.3 Å². The molecule has 0 fully saturated rings. The summed E-state index contributed by atoms with van der Waals surface area (Å²) in [5.41, 5.74) is 13.5. The molecule has 0 aliphatic carbocycles. The van der Waals surface area contributed by atoms with E-state index in [-0.39, 0.29) is 0 Å². The van der Waals surface area contributed by atoms with Crippen molar-refractivity contribution in [3.8, 4) is 0 Å².